The van der Waals surface area contributed by atoms with E-state index in [9.17, 15) is 14.4 Å². The second-order valence-electron chi connectivity index (χ2n) is 6.62. The molecule has 0 spiro atoms. The number of hydrogen-bond acceptors (Lipinski definition) is 6. The Balaban J connectivity index is 0.00000300. The van der Waals surface area contributed by atoms with E-state index in [1.807, 2.05) is 7.05 Å². The fraction of sp³-hybridized carbons (Fsp3) is 0.444. The molecule has 2 saturated heterocycles. The van der Waals surface area contributed by atoms with Gasteiger partial charge < -0.3 is 36.8 Å². The molecule has 2 fully saturated rings. The maximum atomic E-state index is 12.1. The molecular formula is C18H24ClN4O6-. The van der Waals surface area contributed by atoms with Gasteiger partial charge in [0, 0.05) is 18.4 Å². The molecule has 3 rings (SSSR count). The zero-order valence-corrected chi connectivity index (χ0v) is 16.8. The molecule has 11 heteroatoms. The molecular weight excluding hydrogens is 404 g/mol. The molecule has 160 valence electrons. The lowest BCUT2D eigenvalue weighted by atomic mass is 10.2. The second kappa shape index (κ2) is 10.2. The zero-order chi connectivity index (χ0) is 20.1. The Morgan fingerprint density at radius 1 is 1.24 bits per heavy atom. The Kier molecular flexibility index (Phi) is 7.91. The molecule has 1 aromatic rings. The van der Waals surface area contributed by atoms with Crippen LogP contribution in [0.1, 0.15) is 0 Å². The van der Waals surface area contributed by atoms with E-state index in [-0.39, 0.29) is 31.7 Å². The Morgan fingerprint density at radius 3 is 2.48 bits per heavy atom. The number of benzene rings is 1. The largest absolute Gasteiger partial charge is 1.00 e. The molecule has 0 aliphatic carbocycles. The first kappa shape index (κ1) is 22.6. The van der Waals surface area contributed by atoms with Crippen molar-refractivity contribution < 1.29 is 45.9 Å². The van der Waals surface area contributed by atoms with E-state index in [4.69, 9.17) is 14.2 Å². The summed E-state index contributed by atoms with van der Waals surface area (Å²) in [5.41, 5.74) is 1.35. The lowest BCUT2D eigenvalue weighted by Gasteiger charge is -2.16. The first-order valence-corrected chi connectivity index (χ1v) is 9.01. The third kappa shape index (κ3) is 5.88. The molecule has 2 atom stereocenters. The number of quaternary nitrogens is 1. The Bertz CT molecular complexity index is 730. The molecule has 1 aromatic carbocycles. The summed E-state index contributed by atoms with van der Waals surface area (Å²) in [7, 11) is 5.60. The molecule has 2 N–H and O–H groups in total. The highest BCUT2D eigenvalue weighted by atomic mass is 35.5. The number of rotatable bonds is 7. The molecule has 3 amide bonds. The normalized spacial score (nSPS) is 19.3. The number of nitrogens with zero attached hydrogens (tertiary/aromatic N) is 2. The van der Waals surface area contributed by atoms with E-state index in [0.717, 1.165) is 4.90 Å². The van der Waals surface area contributed by atoms with E-state index in [2.05, 4.69) is 12.4 Å². The Hall–Kier alpha value is -2.72. The van der Waals surface area contributed by atoms with Crippen molar-refractivity contribution in [1.29, 1.82) is 0 Å². The molecule has 0 radical (unpaired) electrons. The first-order chi connectivity index (χ1) is 13.4. The van der Waals surface area contributed by atoms with Crippen LogP contribution in [0.3, 0.4) is 0 Å². The van der Waals surface area contributed by atoms with Gasteiger partial charge in [0.15, 0.2) is 0 Å². The predicted molar refractivity (Wildman–Crippen MR) is 99.2 cm³/mol. The minimum absolute atomic E-state index is 0. The van der Waals surface area contributed by atoms with E-state index in [1.54, 1.807) is 24.3 Å². The number of halogens is 1. The summed E-state index contributed by atoms with van der Waals surface area (Å²) in [5, 5.41) is 2.59. The summed E-state index contributed by atoms with van der Waals surface area (Å²) in [6, 6.07) is 6.98. The van der Waals surface area contributed by atoms with Gasteiger partial charge in [0.2, 0.25) is 0 Å². The molecule has 0 aromatic heterocycles. The van der Waals surface area contributed by atoms with Gasteiger partial charge in [-0.1, -0.05) is 0 Å². The van der Waals surface area contributed by atoms with Crippen LogP contribution in [0.5, 0.6) is 0 Å². The van der Waals surface area contributed by atoms with Crippen molar-refractivity contribution in [1.82, 2.24) is 5.32 Å². The first-order valence-electron chi connectivity index (χ1n) is 9.01. The zero-order valence-electron chi connectivity index (χ0n) is 16.1. The van der Waals surface area contributed by atoms with Crippen LogP contribution >= 0.6 is 0 Å². The van der Waals surface area contributed by atoms with Crippen LogP contribution in [-0.4, -0.2) is 70.8 Å². The van der Waals surface area contributed by atoms with Gasteiger partial charge in [0.05, 0.1) is 26.2 Å². The highest BCUT2D eigenvalue weighted by Crippen LogP contribution is 2.26. The van der Waals surface area contributed by atoms with E-state index in [0.29, 0.717) is 37.6 Å². The smallest absolute Gasteiger partial charge is 0.414 e. The van der Waals surface area contributed by atoms with E-state index in [1.165, 1.54) is 9.80 Å². The molecule has 1 unspecified atom stereocenters. The molecule has 0 saturated carbocycles. The average Bonchev–Trinajstić information content (AvgIpc) is 3.25. The average molecular weight is 428 g/mol. The molecule has 29 heavy (non-hydrogen) atoms. The number of alkyl carbamates (subject to hydrolysis) is 1. The van der Waals surface area contributed by atoms with Gasteiger partial charge in [0.1, 0.15) is 19.3 Å². The van der Waals surface area contributed by atoms with Crippen LogP contribution < -0.4 is 32.4 Å². The van der Waals surface area contributed by atoms with Crippen LogP contribution in [0.15, 0.2) is 24.3 Å². The Morgan fingerprint density at radius 2 is 1.90 bits per heavy atom. The lowest BCUT2D eigenvalue weighted by Crippen LogP contribution is -3.04. The van der Waals surface area contributed by atoms with E-state index >= 15 is 0 Å². The standard InChI is InChI=1S/C18H24N4O6.ClH/c1-20(2)7-9-26-16(23)19-11-15-12-22(18(25)28-15)14-5-3-13(4-6-14)21-8-10-27-17(21)24;/h3-6,15,20H,1,7-12H2,2H3,(H,19,23);1H/p-1/t15-;/m0./s1. The third-order valence-corrected chi connectivity index (χ3v) is 4.34. The van der Waals surface area contributed by atoms with E-state index < -0.39 is 18.3 Å². The van der Waals surface area contributed by atoms with Crippen LogP contribution in [0, 0.1) is 7.05 Å². The van der Waals surface area contributed by atoms with Crippen molar-refractivity contribution >= 4 is 29.7 Å². The number of carbonyl (C=O) groups excluding carboxylic acids is 3. The summed E-state index contributed by atoms with van der Waals surface area (Å²) < 4.78 is 15.2. The van der Waals surface area contributed by atoms with Crippen molar-refractivity contribution in [2.75, 3.05) is 56.2 Å². The van der Waals surface area contributed by atoms with Crippen LogP contribution in [0.25, 0.3) is 0 Å². The van der Waals surface area contributed by atoms with Gasteiger partial charge in [-0.05, 0) is 24.3 Å². The molecule has 2 heterocycles. The minimum Gasteiger partial charge on any atom is -1.00 e. The summed E-state index contributed by atoms with van der Waals surface area (Å²) in [5.74, 6) is 0. The minimum atomic E-state index is -0.558. The molecule has 0 bridgehead atoms. The number of amides is 3. The number of nitrogens with one attached hydrogen (secondary N) is 2. The summed E-state index contributed by atoms with van der Waals surface area (Å²) in [6.07, 6.45) is -1.91. The fourth-order valence-electron chi connectivity index (χ4n) is 2.85. The number of ether oxygens (including phenoxy) is 3. The van der Waals surface area contributed by atoms with Crippen LogP contribution in [-0.2, 0) is 14.2 Å². The molecule has 2 aliphatic heterocycles. The molecule has 10 nitrogen and oxygen atoms in total. The lowest BCUT2D eigenvalue weighted by molar-refractivity contribution is -0.831. The SMILES string of the molecule is [CH2-][NH+](C)CCOC(=O)NC[C@H]1CN(c2ccc(N3CCOC3=O)cc2)C(=O)O1.[Cl-]. The molecule has 2 aliphatic rings. The quantitative estimate of drug-likeness (QED) is 0.355. The van der Waals surface area contributed by atoms with Crippen molar-refractivity contribution in [3.8, 4) is 0 Å². The predicted octanol–water partition coefficient (Wildman–Crippen LogP) is -3.00. The number of anilines is 2. The van der Waals surface area contributed by atoms with Gasteiger partial charge in [-0.2, -0.15) is 7.05 Å². The highest BCUT2D eigenvalue weighted by molar-refractivity contribution is 5.92. The second-order valence-corrected chi connectivity index (χ2v) is 6.62. The van der Waals surface area contributed by atoms with Gasteiger partial charge in [0.25, 0.3) is 0 Å². The fourth-order valence-corrected chi connectivity index (χ4v) is 2.85. The monoisotopic (exact) mass is 427 g/mol. The van der Waals surface area contributed by atoms with Crippen molar-refractivity contribution in [2.24, 2.45) is 0 Å². The van der Waals surface area contributed by atoms with Crippen molar-refractivity contribution in [3.05, 3.63) is 31.3 Å². The Labute approximate surface area is 175 Å². The number of hydrogen-bond donors (Lipinski definition) is 2. The van der Waals surface area contributed by atoms with Crippen molar-refractivity contribution in [3.63, 3.8) is 0 Å². The number of likely N-dealkylation sites (N-methyl/N-ethyl adjacent to an activating group) is 1. The van der Waals surface area contributed by atoms with Gasteiger partial charge in [-0.25, -0.2) is 14.4 Å². The maximum Gasteiger partial charge on any atom is 0.414 e. The van der Waals surface area contributed by atoms with Crippen LogP contribution in [0.2, 0.25) is 0 Å². The summed E-state index contributed by atoms with van der Waals surface area (Å²) in [4.78, 5) is 39.3. The van der Waals surface area contributed by atoms with Crippen molar-refractivity contribution in [2.45, 2.75) is 6.10 Å². The maximum absolute atomic E-state index is 12.1. The highest BCUT2D eigenvalue weighted by Gasteiger charge is 2.33. The number of cyclic esters (lactones) is 2. The third-order valence-electron chi connectivity index (χ3n) is 4.34. The topological polar surface area (TPSA) is 102 Å². The van der Waals surface area contributed by atoms with Crippen LogP contribution in [0.4, 0.5) is 25.8 Å². The van der Waals surface area contributed by atoms with Gasteiger partial charge in [-0.3, -0.25) is 9.80 Å². The summed E-state index contributed by atoms with van der Waals surface area (Å²) in [6.45, 7) is 2.19. The number of carbonyl (C=O) groups is 3. The van der Waals surface area contributed by atoms with Gasteiger partial charge >= 0.3 is 18.3 Å². The summed E-state index contributed by atoms with van der Waals surface area (Å²) >= 11 is 0. The van der Waals surface area contributed by atoms with Gasteiger partial charge in [-0.15, -0.1) is 0 Å².